The lowest BCUT2D eigenvalue weighted by Crippen LogP contribution is -2.37. The van der Waals surface area contributed by atoms with Gasteiger partial charge in [-0.15, -0.1) is 0 Å². The smallest absolute Gasteiger partial charge is 0.317 e. The number of amides is 2. The third-order valence-electron chi connectivity index (χ3n) is 4.39. The molecule has 7 heteroatoms. The van der Waals surface area contributed by atoms with E-state index in [9.17, 15) is 4.79 Å². The molecule has 1 aromatic carbocycles. The molecule has 2 aromatic heterocycles. The largest absolute Gasteiger partial charge is 0.331 e. The Labute approximate surface area is 153 Å². The zero-order chi connectivity index (χ0) is 18.5. The maximum Gasteiger partial charge on any atom is 0.317 e. The molecule has 0 atom stereocenters. The number of hydrogen-bond donors (Lipinski definition) is 2. The number of urea groups is 1. The number of carbonyl (C=O) groups excluding carboxylic acids is 1. The Kier molecular flexibility index (Phi) is 5.55. The van der Waals surface area contributed by atoms with Gasteiger partial charge in [-0.1, -0.05) is 25.5 Å². The summed E-state index contributed by atoms with van der Waals surface area (Å²) in [6, 6.07) is 9.91. The van der Waals surface area contributed by atoms with Crippen molar-refractivity contribution < 1.29 is 4.79 Å². The van der Waals surface area contributed by atoms with Gasteiger partial charge < -0.3 is 14.8 Å². The molecule has 0 aliphatic rings. The van der Waals surface area contributed by atoms with Gasteiger partial charge in [0.1, 0.15) is 5.82 Å². The van der Waals surface area contributed by atoms with E-state index in [1.807, 2.05) is 24.3 Å². The first-order valence-corrected chi connectivity index (χ1v) is 9.08. The van der Waals surface area contributed by atoms with E-state index in [1.165, 1.54) is 0 Å². The number of aromatic nitrogens is 4. The van der Waals surface area contributed by atoms with Gasteiger partial charge in [-0.2, -0.15) is 5.10 Å². The number of aromatic amines is 1. The molecule has 138 valence electrons. The number of imidazole rings is 1. The van der Waals surface area contributed by atoms with Crippen molar-refractivity contribution in [1.82, 2.24) is 30.0 Å². The molecule has 0 saturated heterocycles. The van der Waals surface area contributed by atoms with Gasteiger partial charge in [0, 0.05) is 13.6 Å². The van der Waals surface area contributed by atoms with Crippen LogP contribution in [0.5, 0.6) is 0 Å². The Morgan fingerprint density at radius 1 is 1.31 bits per heavy atom. The Bertz CT molecular complexity index is 881. The van der Waals surface area contributed by atoms with Gasteiger partial charge in [-0.05, 0) is 31.5 Å². The minimum Gasteiger partial charge on any atom is -0.331 e. The molecule has 0 radical (unpaired) electrons. The van der Waals surface area contributed by atoms with Crippen LogP contribution in [-0.4, -0.2) is 37.7 Å². The SMILES string of the molecule is CCCc1cc(CN(C)C(=O)NCc2nc3ccccc3n2CC)[nH]n1. The molecule has 0 saturated carbocycles. The average molecular weight is 354 g/mol. The summed E-state index contributed by atoms with van der Waals surface area (Å²) in [5, 5.41) is 10.2. The first-order chi connectivity index (χ1) is 12.6. The van der Waals surface area contributed by atoms with E-state index in [4.69, 9.17) is 0 Å². The minimum atomic E-state index is -0.133. The molecule has 0 aliphatic heterocycles. The van der Waals surface area contributed by atoms with Crippen molar-refractivity contribution in [2.75, 3.05) is 7.05 Å². The molecule has 0 fully saturated rings. The maximum absolute atomic E-state index is 12.4. The second-order valence-electron chi connectivity index (χ2n) is 6.41. The number of para-hydroxylation sites is 2. The molecule has 3 rings (SSSR count). The van der Waals surface area contributed by atoms with Crippen LogP contribution in [0.4, 0.5) is 4.79 Å². The van der Waals surface area contributed by atoms with Crippen LogP contribution in [-0.2, 0) is 26.1 Å². The van der Waals surface area contributed by atoms with Gasteiger partial charge >= 0.3 is 6.03 Å². The number of nitrogens with one attached hydrogen (secondary N) is 2. The quantitative estimate of drug-likeness (QED) is 0.684. The monoisotopic (exact) mass is 354 g/mol. The van der Waals surface area contributed by atoms with Crippen molar-refractivity contribution in [1.29, 1.82) is 0 Å². The summed E-state index contributed by atoms with van der Waals surface area (Å²) in [6.45, 7) is 5.91. The first kappa shape index (κ1) is 18.0. The molecular formula is C19H26N6O. The average Bonchev–Trinajstić information content (AvgIpc) is 3.23. The Balaban J connectivity index is 1.61. The zero-order valence-electron chi connectivity index (χ0n) is 15.6. The summed E-state index contributed by atoms with van der Waals surface area (Å²) >= 11 is 0. The van der Waals surface area contributed by atoms with Crippen LogP contribution in [0, 0.1) is 0 Å². The fourth-order valence-electron chi connectivity index (χ4n) is 3.10. The molecule has 7 nitrogen and oxygen atoms in total. The number of nitrogens with zero attached hydrogens (tertiary/aromatic N) is 4. The lowest BCUT2D eigenvalue weighted by Gasteiger charge is -2.17. The van der Waals surface area contributed by atoms with Crippen molar-refractivity contribution in [2.45, 2.75) is 46.3 Å². The summed E-state index contributed by atoms with van der Waals surface area (Å²) in [6.07, 6.45) is 2.00. The second kappa shape index (κ2) is 8.03. The highest BCUT2D eigenvalue weighted by atomic mass is 16.2. The van der Waals surface area contributed by atoms with Gasteiger partial charge in [0.15, 0.2) is 0 Å². The Hall–Kier alpha value is -2.83. The van der Waals surface area contributed by atoms with E-state index in [-0.39, 0.29) is 6.03 Å². The number of benzene rings is 1. The maximum atomic E-state index is 12.4. The second-order valence-corrected chi connectivity index (χ2v) is 6.41. The van der Waals surface area contributed by atoms with Gasteiger partial charge in [-0.25, -0.2) is 9.78 Å². The lowest BCUT2D eigenvalue weighted by atomic mass is 10.2. The van der Waals surface area contributed by atoms with E-state index in [0.717, 1.165) is 47.6 Å². The van der Waals surface area contributed by atoms with Crippen LogP contribution in [0.3, 0.4) is 0 Å². The highest BCUT2D eigenvalue weighted by Crippen LogP contribution is 2.15. The zero-order valence-corrected chi connectivity index (χ0v) is 15.6. The van der Waals surface area contributed by atoms with Crippen LogP contribution < -0.4 is 5.32 Å². The third-order valence-corrected chi connectivity index (χ3v) is 4.39. The number of aryl methyl sites for hydroxylation is 2. The Morgan fingerprint density at radius 3 is 2.88 bits per heavy atom. The standard InChI is InChI=1S/C19H26N6O/c1-4-8-14-11-15(23-22-14)13-24(3)19(26)20-12-18-21-16-9-6-7-10-17(16)25(18)5-2/h6-7,9-11H,4-5,8,12-13H2,1-3H3,(H,20,26)(H,22,23). The highest BCUT2D eigenvalue weighted by Gasteiger charge is 2.13. The predicted molar refractivity (Wildman–Crippen MR) is 102 cm³/mol. The predicted octanol–water partition coefficient (Wildman–Crippen LogP) is 3.07. The molecule has 26 heavy (non-hydrogen) atoms. The number of carbonyl (C=O) groups is 1. The molecule has 3 aromatic rings. The summed E-state index contributed by atoms with van der Waals surface area (Å²) in [4.78, 5) is 18.7. The van der Waals surface area contributed by atoms with E-state index in [1.54, 1.807) is 11.9 Å². The number of fused-ring (bicyclic) bond motifs is 1. The molecule has 2 N–H and O–H groups in total. The van der Waals surface area contributed by atoms with Gasteiger partial charge in [0.25, 0.3) is 0 Å². The molecule has 0 unspecified atom stereocenters. The van der Waals surface area contributed by atoms with E-state index >= 15 is 0 Å². The molecule has 0 spiro atoms. The summed E-state index contributed by atoms with van der Waals surface area (Å²) < 4.78 is 2.13. The molecule has 0 aliphatic carbocycles. The van der Waals surface area contributed by atoms with E-state index in [0.29, 0.717) is 13.1 Å². The summed E-state index contributed by atoms with van der Waals surface area (Å²) in [5.41, 5.74) is 4.02. The van der Waals surface area contributed by atoms with Crippen molar-refractivity contribution in [3.05, 3.63) is 47.5 Å². The fraction of sp³-hybridized carbons (Fsp3) is 0.421. The number of hydrogen-bond acceptors (Lipinski definition) is 3. The molecule has 2 heterocycles. The van der Waals surface area contributed by atoms with Crippen LogP contribution >= 0.6 is 0 Å². The number of H-pyrrole nitrogens is 1. The molecular weight excluding hydrogens is 328 g/mol. The highest BCUT2D eigenvalue weighted by molar-refractivity contribution is 5.76. The van der Waals surface area contributed by atoms with Crippen LogP contribution in [0.2, 0.25) is 0 Å². The normalized spacial score (nSPS) is 11.0. The van der Waals surface area contributed by atoms with Crippen LogP contribution in [0.15, 0.2) is 30.3 Å². The fourth-order valence-corrected chi connectivity index (χ4v) is 3.10. The van der Waals surface area contributed by atoms with E-state index < -0.39 is 0 Å². The van der Waals surface area contributed by atoms with Crippen LogP contribution in [0.25, 0.3) is 11.0 Å². The minimum absolute atomic E-state index is 0.133. The van der Waals surface area contributed by atoms with Crippen molar-refractivity contribution in [2.24, 2.45) is 0 Å². The van der Waals surface area contributed by atoms with E-state index in [2.05, 4.69) is 45.0 Å². The van der Waals surface area contributed by atoms with Crippen molar-refractivity contribution in [3.63, 3.8) is 0 Å². The van der Waals surface area contributed by atoms with Crippen LogP contribution in [0.1, 0.15) is 37.5 Å². The molecule has 2 amide bonds. The third kappa shape index (κ3) is 3.87. The first-order valence-electron chi connectivity index (χ1n) is 9.08. The Morgan fingerprint density at radius 2 is 2.12 bits per heavy atom. The molecule has 0 bridgehead atoms. The van der Waals surface area contributed by atoms with Gasteiger partial charge in [0.05, 0.1) is 35.5 Å². The lowest BCUT2D eigenvalue weighted by molar-refractivity contribution is 0.205. The summed E-state index contributed by atoms with van der Waals surface area (Å²) in [7, 11) is 1.78. The van der Waals surface area contributed by atoms with Crippen molar-refractivity contribution in [3.8, 4) is 0 Å². The van der Waals surface area contributed by atoms with Gasteiger partial charge in [-0.3, -0.25) is 5.10 Å². The topological polar surface area (TPSA) is 78.8 Å². The summed E-state index contributed by atoms with van der Waals surface area (Å²) in [5.74, 6) is 0.863. The van der Waals surface area contributed by atoms with Crippen molar-refractivity contribution >= 4 is 17.1 Å². The number of rotatable bonds is 7. The van der Waals surface area contributed by atoms with Gasteiger partial charge in [0.2, 0.25) is 0 Å².